The van der Waals surface area contributed by atoms with Crippen molar-refractivity contribution in [1.29, 1.82) is 0 Å². The molecule has 1 rings (SSSR count). The van der Waals surface area contributed by atoms with E-state index in [9.17, 15) is 4.79 Å². The predicted molar refractivity (Wildman–Crippen MR) is 58.1 cm³/mol. The average Bonchev–Trinajstić information content (AvgIpc) is 2.99. The first-order valence-electron chi connectivity index (χ1n) is 5.75. The van der Waals surface area contributed by atoms with E-state index in [4.69, 9.17) is 0 Å². The third kappa shape index (κ3) is 4.61. The molecule has 0 aromatic heterocycles. The van der Waals surface area contributed by atoms with Gasteiger partial charge in [-0.05, 0) is 32.2 Å². The number of rotatable bonds is 7. The highest BCUT2D eigenvalue weighted by Gasteiger charge is 2.19. The van der Waals surface area contributed by atoms with Gasteiger partial charge < -0.3 is 10.6 Å². The second-order valence-electron chi connectivity index (χ2n) is 4.18. The van der Waals surface area contributed by atoms with E-state index in [1.165, 1.54) is 12.8 Å². The fourth-order valence-corrected chi connectivity index (χ4v) is 1.25. The summed E-state index contributed by atoms with van der Waals surface area (Å²) in [6.07, 6.45) is 4.63. The molecule has 0 aliphatic heterocycles. The minimum absolute atomic E-state index is 0.159. The second-order valence-corrected chi connectivity index (χ2v) is 4.18. The van der Waals surface area contributed by atoms with Crippen molar-refractivity contribution in [2.75, 3.05) is 13.1 Å². The average molecular weight is 198 g/mol. The zero-order valence-electron chi connectivity index (χ0n) is 9.31. The molecule has 1 aliphatic rings. The van der Waals surface area contributed by atoms with Crippen LogP contribution in [-0.2, 0) is 4.79 Å². The lowest BCUT2D eigenvalue weighted by Gasteiger charge is -2.09. The summed E-state index contributed by atoms with van der Waals surface area (Å²) in [6, 6.07) is 0.778. The molecule has 1 atom stereocenters. The Morgan fingerprint density at radius 2 is 2.14 bits per heavy atom. The number of nitrogens with one attached hydrogen (secondary N) is 2. The molecule has 1 unspecified atom stereocenters. The zero-order chi connectivity index (χ0) is 10.4. The predicted octanol–water partition coefficient (Wildman–Crippen LogP) is 1.29. The Morgan fingerprint density at radius 3 is 2.71 bits per heavy atom. The van der Waals surface area contributed by atoms with Crippen molar-refractivity contribution in [3.8, 4) is 0 Å². The highest BCUT2D eigenvalue weighted by molar-refractivity contribution is 5.78. The lowest BCUT2D eigenvalue weighted by Crippen LogP contribution is -2.31. The number of carbonyl (C=O) groups excluding carboxylic acids is 1. The molecule has 1 amide bonds. The quantitative estimate of drug-likeness (QED) is 0.605. The molecule has 82 valence electrons. The molecular weight excluding hydrogens is 176 g/mol. The van der Waals surface area contributed by atoms with Crippen LogP contribution in [0.25, 0.3) is 0 Å². The van der Waals surface area contributed by atoms with Gasteiger partial charge >= 0.3 is 0 Å². The van der Waals surface area contributed by atoms with Gasteiger partial charge in [-0.15, -0.1) is 0 Å². The largest absolute Gasteiger partial charge is 0.356 e. The minimum Gasteiger partial charge on any atom is -0.356 e. The molecule has 3 heteroatoms. The Bertz CT molecular complexity index is 178. The van der Waals surface area contributed by atoms with Crippen LogP contribution in [0.1, 0.15) is 39.5 Å². The molecule has 14 heavy (non-hydrogen) atoms. The third-order valence-corrected chi connectivity index (χ3v) is 2.72. The first-order chi connectivity index (χ1) is 6.74. The first-order valence-corrected chi connectivity index (χ1v) is 5.75. The van der Waals surface area contributed by atoms with Gasteiger partial charge in [0.05, 0.1) is 0 Å². The van der Waals surface area contributed by atoms with E-state index >= 15 is 0 Å². The normalized spacial score (nSPS) is 17.9. The number of hydrogen-bond donors (Lipinski definition) is 2. The van der Waals surface area contributed by atoms with Crippen LogP contribution < -0.4 is 10.6 Å². The van der Waals surface area contributed by atoms with Crippen LogP contribution in [0.4, 0.5) is 0 Å². The van der Waals surface area contributed by atoms with Crippen LogP contribution in [0.2, 0.25) is 0 Å². The maximum atomic E-state index is 11.4. The van der Waals surface area contributed by atoms with Gasteiger partial charge in [0.15, 0.2) is 0 Å². The van der Waals surface area contributed by atoms with E-state index in [1.807, 2.05) is 13.8 Å². The van der Waals surface area contributed by atoms with Crippen LogP contribution in [0.15, 0.2) is 0 Å². The molecule has 0 aromatic rings. The maximum Gasteiger partial charge on any atom is 0.222 e. The van der Waals surface area contributed by atoms with Gasteiger partial charge in [-0.25, -0.2) is 0 Å². The zero-order valence-corrected chi connectivity index (χ0v) is 9.31. The molecule has 0 heterocycles. The first kappa shape index (κ1) is 11.5. The van der Waals surface area contributed by atoms with Gasteiger partial charge in [0.1, 0.15) is 0 Å². The van der Waals surface area contributed by atoms with Crippen molar-refractivity contribution in [2.45, 2.75) is 45.6 Å². The fourth-order valence-electron chi connectivity index (χ4n) is 1.25. The highest BCUT2D eigenvalue weighted by Crippen LogP contribution is 2.18. The van der Waals surface area contributed by atoms with Crippen molar-refractivity contribution in [2.24, 2.45) is 5.92 Å². The van der Waals surface area contributed by atoms with Crippen molar-refractivity contribution in [1.82, 2.24) is 10.6 Å². The molecule has 1 aliphatic carbocycles. The van der Waals surface area contributed by atoms with E-state index in [0.717, 1.165) is 32.0 Å². The van der Waals surface area contributed by atoms with Gasteiger partial charge in [0, 0.05) is 18.5 Å². The lowest BCUT2D eigenvalue weighted by atomic mass is 10.1. The summed E-state index contributed by atoms with van der Waals surface area (Å²) in [5.41, 5.74) is 0. The summed E-state index contributed by atoms with van der Waals surface area (Å²) < 4.78 is 0. The molecule has 1 fully saturated rings. The van der Waals surface area contributed by atoms with E-state index in [-0.39, 0.29) is 11.8 Å². The van der Waals surface area contributed by atoms with Gasteiger partial charge in [-0.2, -0.15) is 0 Å². The summed E-state index contributed by atoms with van der Waals surface area (Å²) in [6.45, 7) is 5.85. The van der Waals surface area contributed by atoms with Crippen LogP contribution in [-0.4, -0.2) is 25.0 Å². The van der Waals surface area contributed by atoms with Gasteiger partial charge in [0.2, 0.25) is 5.91 Å². The molecule has 0 bridgehead atoms. The maximum absolute atomic E-state index is 11.4. The molecule has 0 aromatic carbocycles. The van der Waals surface area contributed by atoms with E-state index in [0.29, 0.717) is 0 Å². The summed E-state index contributed by atoms with van der Waals surface area (Å²) >= 11 is 0. The Morgan fingerprint density at radius 1 is 1.43 bits per heavy atom. The Labute approximate surface area is 86.6 Å². The molecule has 0 saturated heterocycles. The Balaban J connectivity index is 1.88. The van der Waals surface area contributed by atoms with Crippen LogP contribution >= 0.6 is 0 Å². The van der Waals surface area contributed by atoms with Crippen LogP contribution in [0.3, 0.4) is 0 Å². The van der Waals surface area contributed by atoms with Crippen molar-refractivity contribution >= 4 is 5.91 Å². The minimum atomic E-state index is 0.159. The third-order valence-electron chi connectivity index (χ3n) is 2.72. The number of carbonyl (C=O) groups is 1. The van der Waals surface area contributed by atoms with E-state index in [2.05, 4.69) is 10.6 Å². The molecular formula is C11H22N2O. The number of hydrogen-bond acceptors (Lipinski definition) is 2. The summed E-state index contributed by atoms with van der Waals surface area (Å²) in [5, 5.41) is 6.37. The molecule has 1 saturated carbocycles. The summed E-state index contributed by atoms with van der Waals surface area (Å²) in [7, 11) is 0. The van der Waals surface area contributed by atoms with Gasteiger partial charge in [-0.1, -0.05) is 13.8 Å². The number of amides is 1. The molecule has 0 spiro atoms. The molecule has 3 nitrogen and oxygen atoms in total. The lowest BCUT2D eigenvalue weighted by molar-refractivity contribution is -0.124. The topological polar surface area (TPSA) is 41.1 Å². The Hall–Kier alpha value is -0.570. The second kappa shape index (κ2) is 6.02. The van der Waals surface area contributed by atoms with Crippen LogP contribution in [0, 0.1) is 5.92 Å². The Kier molecular flexibility index (Phi) is 4.94. The van der Waals surface area contributed by atoms with Crippen molar-refractivity contribution in [3.05, 3.63) is 0 Å². The van der Waals surface area contributed by atoms with E-state index in [1.54, 1.807) is 0 Å². The SMILES string of the molecule is CCC(C)C(=O)NCCCNC1CC1. The monoisotopic (exact) mass is 198 g/mol. The smallest absolute Gasteiger partial charge is 0.222 e. The fraction of sp³-hybridized carbons (Fsp3) is 0.909. The van der Waals surface area contributed by atoms with Crippen LogP contribution in [0.5, 0.6) is 0 Å². The van der Waals surface area contributed by atoms with Crippen molar-refractivity contribution in [3.63, 3.8) is 0 Å². The van der Waals surface area contributed by atoms with Gasteiger partial charge in [-0.3, -0.25) is 4.79 Å². The van der Waals surface area contributed by atoms with Crippen molar-refractivity contribution < 1.29 is 4.79 Å². The summed E-state index contributed by atoms with van der Waals surface area (Å²) in [5.74, 6) is 0.352. The standard InChI is InChI=1S/C11H22N2O/c1-3-9(2)11(14)13-8-4-7-12-10-5-6-10/h9-10,12H,3-8H2,1-2H3,(H,13,14). The molecule has 2 N–H and O–H groups in total. The summed E-state index contributed by atoms with van der Waals surface area (Å²) in [4.78, 5) is 11.4. The van der Waals surface area contributed by atoms with E-state index < -0.39 is 0 Å². The highest BCUT2D eigenvalue weighted by atomic mass is 16.1. The molecule has 0 radical (unpaired) electrons. The van der Waals surface area contributed by atoms with Gasteiger partial charge in [0.25, 0.3) is 0 Å².